The fourth-order valence-electron chi connectivity index (χ4n) is 1.91. The lowest BCUT2D eigenvalue weighted by molar-refractivity contribution is 0.0792. The molecule has 0 unspecified atom stereocenters. The first-order valence-corrected chi connectivity index (χ1v) is 6.99. The van der Waals surface area contributed by atoms with Crippen LogP contribution in [0.5, 0.6) is 0 Å². The molecule has 1 aromatic carbocycles. The summed E-state index contributed by atoms with van der Waals surface area (Å²) in [5.74, 6) is 0.816. The molecule has 0 aliphatic rings. The number of benzene rings is 1. The molecule has 1 aromatic rings. The predicted octanol–water partition coefficient (Wildman–Crippen LogP) is 3.78. The van der Waals surface area contributed by atoms with Gasteiger partial charge in [-0.3, -0.25) is 4.79 Å². The van der Waals surface area contributed by atoms with Crippen LogP contribution in [0.3, 0.4) is 0 Å². The zero-order valence-corrected chi connectivity index (χ0v) is 12.3. The van der Waals surface area contributed by atoms with Gasteiger partial charge in [-0.05, 0) is 43.9 Å². The average molecular weight is 268 g/mol. The van der Waals surface area contributed by atoms with E-state index in [1.807, 2.05) is 39.1 Å². The highest BCUT2D eigenvalue weighted by Crippen LogP contribution is 2.14. The SMILES string of the molecule is Cc1cccc(C(=O)N(C)CCCCCCl)c1C. The lowest BCUT2D eigenvalue weighted by atomic mass is 10.0. The van der Waals surface area contributed by atoms with Gasteiger partial charge in [-0.2, -0.15) is 0 Å². The third-order valence-electron chi connectivity index (χ3n) is 3.31. The molecular formula is C15H22ClNO. The number of hydrogen-bond acceptors (Lipinski definition) is 1. The summed E-state index contributed by atoms with van der Waals surface area (Å²) >= 11 is 5.63. The molecule has 0 aliphatic carbocycles. The maximum atomic E-state index is 12.3. The van der Waals surface area contributed by atoms with Crippen LogP contribution in [0.2, 0.25) is 0 Å². The van der Waals surface area contributed by atoms with Crippen molar-refractivity contribution in [2.45, 2.75) is 33.1 Å². The third-order valence-corrected chi connectivity index (χ3v) is 3.58. The Kier molecular flexibility index (Phi) is 6.20. The van der Waals surface area contributed by atoms with Gasteiger partial charge in [-0.15, -0.1) is 11.6 Å². The summed E-state index contributed by atoms with van der Waals surface area (Å²) in [6.07, 6.45) is 3.11. The molecule has 0 saturated carbocycles. The molecule has 3 heteroatoms. The summed E-state index contributed by atoms with van der Waals surface area (Å²) in [5, 5.41) is 0. The number of amides is 1. The van der Waals surface area contributed by atoms with Crippen LogP contribution in [-0.4, -0.2) is 30.3 Å². The van der Waals surface area contributed by atoms with Crippen molar-refractivity contribution in [3.8, 4) is 0 Å². The van der Waals surface area contributed by atoms with Gasteiger partial charge in [0.15, 0.2) is 0 Å². The van der Waals surface area contributed by atoms with Gasteiger partial charge in [-0.25, -0.2) is 0 Å². The van der Waals surface area contributed by atoms with Crippen molar-refractivity contribution < 1.29 is 4.79 Å². The number of aryl methyl sites for hydroxylation is 1. The highest BCUT2D eigenvalue weighted by Gasteiger charge is 2.14. The van der Waals surface area contributed by atoms with Gasteiger partial charge in [0.05, 0.1) is 0 Å². The Morgan fingerprint density at radius 3 is 2.61 bits per heavy atom. The van der Waals surface area contributed by atoms with Gasteiger partial charge in [0.25, 0.3) is 5.91 Å². The maximum absolute atomic E-state index is 12.3. The van der Waals surface area contributed by atoms with Crippen LogP contribution in [0.4, 0.5) is 0 Å². The van der Waals surface area contributed by atoms with Crippen molar-refractivity contribution in [3.05, 3.63) is 34.9 Å². The molecule has 0 radical (unpaired) electrons. The topological polar surface area (TPSA) is 20.3 Å². The summed E-state index contributed by atoms with van der Waals surface area (Å²) in [5.41, 5.74) is 3.06. The number of carbonyl (C=O) groups excluding carboxylic acids is 1. The smallest absolute Gasteiger partial charge is 0.253 e. The summed E-state index contributed by atoms with van der Waals surface area (Å²) in [7, 11) is 1.87. The standard InChI is InChI=1S/C15H22ClNO/c1-12-8-7-9-14(13(12)2)15(18)17(3)11-6-4-5-10-16/h7-9H,4-6,10-11H2,1-3H3. The molecular weight excluding hydrogens is 246 g/mol. The molecule has 1 rings (SSSR count). The van der Waals surface area contributed by atoms with Gasteiger partial charge < -0.3 is 4.90 Å². The van der Waals surface area contributed by atoms with E-state index in [-0.39, 0.29) is 5.91 Å². The van der Waals surface area contributed by atoms with Crippen LogP contribution in [0.1, 0.15) is 40.7 Å². The molecule has 0 aromatic heterocycles. The Balaban J connectivity index is 2.60. The zero-order chi connectivity index (χ0) is 13.5. The highest BCUT2D eigenvalue weighted by atomic mass is 35.5. The molecule has 2 nitrogen and oxygen atoms in total. The third kappa shape index (κ3) is 4.02. The van der Waals surface area contributed by atoms with Crippen LogP contribution >= 0.6 is 11.6 Å². The number of alkyl halides is 1. The second-order valence-corrected chi connectivity index (χ2v) is 5.10. The molecule has 1 amide bonds. The summed E-state index contributed by atoms with van der Waals surface area (Å²) in [4.78, 5) is 14.1. The first-order chi connectivity index (χ1) is 8.57. The molecule has 18 heavy (non-hydrogen) atoms. The van der Waals surface area contributed by atoms with E-state index >= 15 is 0 Å². The zero-order valence-electron chi connectivity index (χ0n) is 11.5. The minimum absolute atomic E-state index is 0.113. The van der Waals surface area contributed by atoms with Crippen molar-refractivity contribution in [3.63, 3.8) is 0 Å². The van der Waals surface area contributed by atoms with Crippen LogP contribution in [-0.2, 0) is 0 Å². The molecule has 0 N–H and O–H groups in total. The lowest BCUT2D eigenvalue weighted by Crippen LogP contribution is -2.28. The van der Waals surface area contributed by atoms with Gasteiger partial charge in [-0.1, -0.05) is 18.6 Å². The molecule has 0 heterocycles. The second kappa shape index (κ2) is 7.42. The largest absolute Gasteiger partial charge is 0.342 e. The number of rotatable bonds is 6. The summed E-state index contributed by atoms with van der Waals surface area (Å²) < 4.78 is 0. The van der Waals surface area contributed by atoms with E-state index in [0.29, 0.717) is 5.88 Å². The van der Waals surface area contributed by atoms with Crippen LogP contribution in [0.15, 0.2) is 18.2 Å². The van der Waals surface area contributed by atoms with E-state index in [1.54, 1.807) is 4.90 Å². The number of nitrogens with zero attached hydrogens (tertiary/aromatic N) is 1. The van der Waals surface area contributed by atoms with Gasteiger partial charge >= 0.3 is 0 Å². The average Bonchev–Trinajstić information content (AvgIpc) is 2.37. The Labute approximate surface area is 115 Å². The second-order valence-electron chi connectivity index (χ2n) is 4.72. The van der Waals surface area contributed by atoms with Crippen LogP contribution < -0.4 is 0 Å². The van der Waals surface area contributed by atoms with Crippen LogP contribution in [0.25, 0.3) is 0 Å². The van der Waals surface area contributed by atoms with Gasteiger partial charge in [0, 0.05) is 25.0 Å². The quantitative estimate of drug-likeness (QED) is 0.567. The van der Waals surface area contributed by atoms with Crippen molar-refractivity contribution in [1.29, 1.82) is 0 Å². The van der Waals surface area contributed by atoms with E-state index in [0.717, 1.165) is 42.5 Å². The van der Waals surface area contributed by atoms with E-state index in [2.05, 4.69) is 0 Å². The molecule has 100 valence electrons. The summed E-state index contributed by atoms with van der Waals surface area (Å²) in [6, 6.07) is 5.88. The van der Waals surface area contributed by atoms with Crippen molar-refractivity contribution in [1.82, 2.24) is 4.90 Å². The molecule has 0 saturated heterocycles. The molecule has 0 fully saturated rings. The molecule has 0 spiro atoms. The molecule has 0 aliphatic heterocycles. The van der Waals surface area contributed by atoms with Crippen LogP contribution in [0, 0.1) is 13.8 Å². The minimum atomic E-state index is 0.113. The number of carbonyl (C=O) groups is 1. The minimum Gasteiger partial charge on any atom is -0.342 e. The van der Waals surface area contributed by atoms with E-state index in [4.69, 9.17) is 11.6 Å². The monoisotopic (exact) mass is 267 g/mol. The lowest BCUT2D eigenvalue weighted by Gasteiger charge is -2.18. The Morgan fingerprint density at radius 2 is 1.94 bits per heavy atom. The predicted molar refractivity (Wildman–Crippen MR) is 77.4 cm³/mol. The summed E-state index contributed by atoms with van der Waals surface area (Å²) in [6.45, 7) is 4.83. The maximum Gasteiger partial charge on any atom is 0.253 e. The van der Waals surface area contributed by atoms with E-state index in [1.165, 1.54) is 0 Å². The van der Waals surface area contributed by atoms with Gasteiger partial charge in [0.1, 0.15) is 0 Å². The van der Waals surface area contributed by atoms with Crippen molar-refractivity contribution >= 4 is 17.5 Å². The normalized spacial score (nSPS) is 10.4. The van der Waals surface area contributed by atoms with Crippen molar-refractivity contribution in [2.75, 3.05) is 19.5 Å². The van der Waals surface area contributed by atoms with E-state index in [9.17, 15) is 4.79 Å². The fourth-order valence-corrected chi connectivity index (χ4v) is 2.10. The van der Waals surface area contributed by atoms with E-state index < -0.39 is 0 Å². The first kappa shape index (κ1) is 15.0. The fraction of sp³-hybridized carbons (Fsp3) is 0.533. The number of hydrogen-bond donors (Lipinski definition) is 0. The molecule has 0 atom stereocenters. The highest BCUT2D eigenvalue weighted by molar-refractivity contribution is 6.17. The Morgan fingerprint density at radius 1 is 1.22 bits per heavy atom. The van der Waals surface area contributed by atoms with Crippen molar-refractivity contribution in [2.24, 2.45) is 0 Å². The number of unbranched alkanes of at least 4 members (excludes halogenated alkanes) is 2. The first-order valence-electron chi connectivity index (χ1n) is 6.45. The number of halogens is 1. The van der Waals surface area contributed by atoms with Gasteiger partial charge in [0.2, 0.25) is 0 Å². The molecule has 0 bridgehead atoms. The Hall–Kier alpha value is -1.02. The Bertz CT molecular complexity index is 403.